The van der Waals surface area contributed by atoms with E-state index >= 15 is 0 Å². The number of ether oxygens (including phenoxy) is 2. The number of hydrogen-bond acceptors (Lipinski definition) is 8. The van der Waals surface area contributed by atoms with Crippen molar-refractivity contribution < 1.29 is 39.8 Å². The summed E-state index contributed by atoms with van der Waals surface area (Å²) in [6, 6.07) is -0.799. The zero-order valence-electron chi connectivity index (χ0n) is 24.4. The number of hydrogen-bond donors (Lipinski definition) is 6. The van der Waals surface area contributed by atoms with Crippen LogP contribution in [0.25, 0.3) is 0 Å². The molecule has 7 unspecified atom stereocenters. The second-order valence-corrected chi connectivity index (χ2v) is 11.0. The van der Waals surface area contributed by atoms with Crippen molar-refractivity contribution in [2.24, 2.45) is 0 Å². The van der Waals surface area contributed by atoms with E-state index in [-0.39, 0.29) is 12.5 Å². The van der Waals surface area contributed by atoms with Gasteiger partial charge in [0, 0.05) is 6.92 Å². The largest absolute Gasteiger partial charge is 0.394 e. The van der Waals surface area contributed by atoms with Gasteiger partial charge in [-0.1, -0.05) is 109 Å². The van der Waals surface area contributed by atoms with Gasteiger partial charge < -0.3 is 40.3 Å². The number of unbranched alkanes of at least 4 members (excludes halogenated alkanes) is 15. The first-order chi connectivity index (χ1) is 18.8. The van der Waals surface area contributed by atoms with Crippen molar-refractivity contribution in [2.45, 2.75) is 159 Å². The van der Waals surface area contributed by atoms with Gasteiger partial charge >= 0.3 is 0 Å². The van der Waals surface area contributed by atoms with Crippen LogP contribution in [0.1, 0.15) is 117 Å². The molecular formula is C30H57NO8. The SMILES string of the molecule is CCCCCCCCCCCCCCCCC/C=C/C(O)C(COC1OC(CO)C(O)C(O)C1O)NC(C)=O. The summed E-state index contributed by atoms with van der Waals surface area (Å²) in [5.41, 5.74) is 0. The van der Waals surface area contributed by atoms with Crippen LogP contribution in [0.15, 0.2) is 12.2 Å². The molecule has 1 amide bonds. The molecule has 1 fully saturated rings. The molecule has 1 aliphatic rings. The lowest BCUT2D eigenvalue weighted by Gasteiger charge is -2.40. The minimum atomic E-state index is -1.56. The number of carbonyl (C=O) groups is 1. The molecule has 1 saturated heterocycles. The fourth-order valence-corrected chi connectivity index (χ4v) is 4.89. The fourth-order valence-electron chi connectivity index (χ4n) is 4.89. The third kappa shape index (κ3) is 16.1. The van der Waals surface area contributed by atoms with Crippen LogP contribution in [0.4, 0.5) is 0 Å². The molecule has 6 N–H and O–H groups in total. The number of aliphatic hydroxyl groups is 5. The molecule has 39 heavy (non-hydrogen) atoms. The molecule has 0 aromatic rings. The Balaban J connectivity index is 2.18. The van der Waals surface area contributed by atoms with Gasteiger partial charge in [0.05, 0.1) is 25.4 Å². The molecule has 1 heterocycles. The Bertz CT molecular complexity index is 632. The molecule has 7 atom stereocenters. The molecule has 0 aromatic carbocycles. The van der Waals surface area contributed by atoms with Crippen molar-refractivity contribution in [3.8, 4) is 0 Å². The van der Waals surface area contributed by atoms with E-state index in [1.54, 1.807) is 6.08 Å². The van der Waals surface area contributed by atoms with Crippen LogP contribution in [-0.4, -0.2) is 87.5 Å². The number of allylic oxidation sites excluding steroid dienone is 1. The van der Waals surface area contributed by atoms with Gasteiger partial charge in [-0.2, -0.15) is 0 Å². The van der Waals surface area contributed by atoms with E-state index in [9.17, 15) is 30.3 Å². The topological polar surface area (TPSA) is 149 Å². The number of aliphatic hydroxyl groups excluding tert-OH is 5. The van der Waals surface area contributed by atoms with Gasteiger partial charge in [-0.05, 0) is 12.8 Å². The molecule has 0 bridgehead atoms. The predicted molar refractivity (Wildman–Crippen MR) is 152 cm³/mol. The Morgan fingerprint density at radius 3 is 1.85 bits per heavy atom. The van der Waals surface area contributed by atoms with Gasteiger partial charge in [-0.25, -0.2) is 0 Å². The molecule has 0 saturated carbocycles. The highest BCUT2D eigenvalue weighted by molar-refractivity contribution is 5.73. The smallest absolute Gasteiger partial charge is 0.217 e. The summed E-state index contributed by atoms with van der Waals surface area (Å²) < 4.78 is 10.8. The van der Waals surface area contributed by atoms with Crippen LogP contribution >= 0.6 is 0 Å². The summed E-state index contributed by atoms with van der Waals surface area (Å²) in [7, 11) is 0. The van der Waals surface area contributed by atoms with Crippen molar-refractivity contribution >= 4 is 5.91 Å². The minimum absolute atomic E-state index is 0.202. The number of amides is 1. The quantitative estimate of drug-likeness (QED) is 0.0823. The highest BCUT2D eigenvalue weighted by Crippen LogP contribution is 2.22. The fraction of sp³-hybridized carbons (Fsp3) is 0.900. The molecular weight excluding hydrogens is 502 g/mol. The molecule has 0 aliphatic carbocycles. The first-order valence-corrected chi connectivity index (χ1v) is 15.4. The molecule has 1 aliphatic heterocycles. The summed E-state index contributed by atoms with van der Waals surface area (Å²) >= 11 is 0. The third-order valence-corrected chi connectivity index (χ3v) is 7.40. The molecule has 9 heteroatoms. The normalized spacial score (nSPS) is 25.2. The molecule has 9 nitrogen and oxygen atoms in total. The van der Waals surface area contributed by atoms with Gasteiger partial charge in [-0.15, -0.1) is 0 Å². The highest BCUT2D eigenvalue weighted by atomic mass is 16.7. The van der Waals surface area contributed by atoms with E-state index in [0.717, 1.165) is 19.3 Å². The summed E-state index contributed by atoms with van der Waals surface area (Å²) in [6.07, 6.45) is 16.0. The van der Waals surface area contributed by atoms with Crippen LogP contribution in [0.2, 0.25) is 0 Å². The van der Waals surface area contributed by atoms with E-state index in [4.69, 9.17) is 9.47 Å². The highest BCUT2D eigenvalue weighted by Gasteiger charge is 2.44. The zero-order chi connectivity index (χ0) is 28.9. The molecule has 0 radical (unpaired) electrons. The first-order valence-electron chi connectivity index (χ1n) is 15.4. The van der Waals surface area contributed by atoms with Crippen LogP contribution in [0, 0.1) is 0 Å². The molecule has 0 spiro atoms. The Morgan fingerprint density at radius 2 is 1.36 bits per heavy atom. The monoisotopic (exact) mass is 559 g/mol. The van der Waals surface area contributed by atoms with Crippen LogP contribution in [0.5, 0.6) is 0 Å². The zero-order valence-corrected chi connectivity index (χ0v) is 24.4. The average Bonchev–Trinajstić information content (AvgIpc) is 2.92. The lowest BCUT2D eigenvalue weighted by atomic mass is 9.99. The summed E-state index contributed by atoms with van der Waals surface area (Å²) in [5.74, 6) is -0.354. The van der Waals surface area contributed by atoms with Crippen molar-refractivity contribution in [1.82, 2.24) is 5.32 Å². The molecule has 230 valence electrons. The second kappa shape index (κ2) is 22.6. The van der Waals surface area contributed by atoms with Gasteiger partial charge in [-0.3, -0.25) is 4.79 Å². The van der Waals surface area contributed by atoms with Crippen molar-refractivity contribution in [3.63, 3.8) is 0 Å². The maximum atomic E-state index is 11.6. The van der Waals surface area contributed by atoms with Gasteiger partial charge in [0.15, 0.2) is 6.29 Å². The van der Waals surface area contributed by atoms with E-state index in [2.05, 4.69) is 12.2 Å². The maximum Gasteiger partial charge on any atom is 0.217 e. The van der Waals surface area contributed by atoms with Crippen LogP contribution in [-0.2, 0) is 14.3 Å². The van der Waals surface area contributed by atoms with Crippen molar-refractivity contribution in [2.75, 3.05) is 13.2 Å². The van der Waals surface area contributed by atoms with E-state index in [1.807, 2.05) is 6.08 Å². The number of rotatable bonds is 23. The molecule has 1 rings (SSSR count). The average molecular weight is 560 g/mol. The predicted octanol–water partition coefficient (Wildman–Crippen LogP) is 3.49. The number of carbonyl (C=O) groups excluding carboxylic acids is 1. The third-order valence-electron chi connectivity index (χ3n) is 7.40. The Morgan fingerprint density at radius 1 is 0.846 bits per heavy atom. The molecule has 0 aromatic heterocycles. The Kier molecular flexibility index (Phi) is 20.8. The summed E-state index contributed by atoms with van der Waals surface area (Å²) in [4.78, 5) is 11.6. The van der Waals surface area contributed by atoms with Gasteiger partial charge in [0.2, 0.25) is 5.91 Å². The number of nitrogens with one attached hydrogen (secondary N) is 1. The van der Waals surface area contributed by atoms with Crippen LogP contribution in [0.3, 0.4) is 0 Å². The van der Waals surface area contributed by atoms with Gasteiger partial charge in [0.1, 0.15) is 24.4 Å². The first kappa shape index (κ1) is 36.0. The van der Waals surface area contributed by atoms with Crippen molar-refractivity contribution in [1.29, 1.82) is 0 Å². The standard InChI is InChI=1S/C30H57NO8/c1-3-4-5-6-7-8-9-10-11-12-13-14-15-16-17-18-19-20-25(34)24(31-23(2)33)22-38-30-29(37)28(36)27(35)26(21-32)39-30/h19-20,24-30,32,34-37H,3-18,21-22H2,1-2H3,(H,31,33)/b20-19+. The summed E-state index contributed by atoms with van der Waals surface area (Å²) in [6.45, 7) is 2.82. The van der Waals surface area contributed by atoms with Crippen molar-refractivity contribution in [3.05, 3.63) is 12.2 Å². The lowest BCUT2D eigenvalue weighted by Crippen LogP contribution is -2.60. The maximum absolute atomic E-state index is 11.6. The second-order valence-electron chi connectivity index (χ2n) is 11.0. The van der Waals surface area contributed by atoms with Gasteiger partial charge in [0.25, 0.3) is 0 Å². The van der Waals surface area contributed by atoms with E-state index in [1.165, 1.54) is 90.4 Å². The van der Waals surface area contributed by atoms with Crippen LogP contribution < -0.4 is 5.32 Å². The Hall–Kier alpha value is -1.07. The lowest BCUT2D eigenvalue weighted by molar-refractivity contribution is -0.302. The minimum Gasteiger partial charge on any atom is -0.394 e. The van der Waals surface area contributed by atoms with E-state index in [0.29, 0.717) is 0 Å². The van der Waals surface area contributed by atoms with E-state index < -0.39 is 49.5 Å². The summed E-state index contributed by atoms with van der Waals surface area (Å²) in [5, 5.41) is 52.4. The Labute approximate surface area is 236 Å².